The molecular weight excluding hydrogens is 232 g/mol. The predicted molar refractivity (Wildman–Crippen MR) is 76.6 cm³/mol. The third-order valence-corrected chi connectivity index (χ3v) is 2.70. The molecule has 4 heteroatoms. The fraction of sp³-hybridized carbons (Fsp3) is 0.462. The van der Waals surface area contributed by atoms with E-state index >= 15 is 0 Å². The molecule has 94 valence electrons. The maximum Gasteiger partial charge on any atom is 0.170 e. The largest absolute Gasteiger partial charge is 0.385 e. The second-order valence-corrected chi connectivity index (χ2v) is 4.45. The SMILES string of the molecule is COCCCNC(=S)Nc1cc(C)ccc1C. The third kappa shape index (κ3) is 5.15. The first-order valence-electron chi connectivity index (χ1n) is 5.74. The highest BCUT2D eigenvalue weighted by Crippen LogP contribution is 2.15. The number of anilines is 1. The fourth-order valence-electron chi connectivity index (χ4n) is 1.46. The summed E-state index contributed by atoms with van der Waals surface area (Å²) in [6.45, 7) is 5.71. The summed E-state index contributed by atoms with van der Waals surface area (Å²) >= 11 is 5.23. The first kappa shape index (κ1) is 13.9. The van der Waals surface area contributed by atoms with E-state index in [1.807, 2.05) is 0 Å². The number of rotatable bonds is 5. The number of methoxy groups -OCH3 is 1. The van der Waals surface area contributed by atoms with E-state index in [0.717, 1.165) is 25.3 Å². The Morgan fingerprint density at radius 2 is 2.12 bits per heavy atom. The van der Waals surface area contributed by atoms with E-state index in [2.05, 4.69) is 42.7 Å². The molecule has 0 heterocycles. The van der Waals surface area contributed by atoms with Crippen molar-refractivity contribution in [2.24, 2.45) is 0 Å². The molecule has 1 aromatic carbocycles. The molecule has 0 fully saturated rings. The van der Waals surface area contributed by atoms with Gasteiger partial charge in [0.05, 0.1) is 0 Å². The van der Waals surface area contributed by atoms with Gasteiger partial charge >= 0.3 is 0 Å². The molecule has 0 atom stereocenters. The standard InChI is InChI=1S/C13H20N2OS/c1-10-5-6-11(2)12(9-10)15-13(17)14-7-4-8-16-3/h5-6,9H,4,7-8H2,1-3H3,(H2,14,15,17). The molecule has 0 spiro atoms. The normalized spacial score (nSPS) is 10.1. The van der Waals surface area contributed by atoms with E-state index in [1.165, 1.54) is 11.1 Å². The van der Waals surface area contributed by atoms with Crippen LogP contribution in [-0.2, 0) is 4.74 Å². The summed E-state index contributed by atoms with van der Waals surface area (Å²) in [5.41, 5.74) is 3.48. The summed E-state index contributed by atoms with van der Waals surface area (Å²) in [5.74, 6) is 0. The van der Waals surface area contributed by atoms with Gasteiger partial charge in [0.15, 0.2) is 5.11 Å². The molecule has 2 N–H and O–H groups in total. The van der Waals surface area contributed by atoms with Crippen molar-refractivity contribution in [3.05, 3.63) is 29.3 Å². The van der Waals surface area contributed by atoms with E-state index < -0.39 is 0 Å². The Bertz CT molecular complexity index is 380. The van der Waals surface area contributed by atoms with E-state index in [9.17, 15) is 0 Å². The van der Waals surface area contributed by atoms with Crippen molar-refractivity contribution in [2.45, 2.75) is 20.3 Å². The zero-order valence-corrected chi connectivity index (χ0v) is 11.5. The molecule has 0 aromatic heterocycles. The highest BCUT2D eigenvalue weighted by atomic mass is 32.1. The summed E-state index contributed by atoms with van der Waals surface area (Å²) in [6.07, 6.45) is 0.950. The lowest BCUT2D eigenvalue weighted by Crippen LogP contribution is -2.30. The molecule has 0 aliphatic heterocycles. The van der Waals surface area contributed by atoms with Gasteiger partial charge in [0.1, 0.15) is 0 Å². The van der Waals surface area contributed by atoms with Gasteiger partial charge in [-0.2, -0.15) is 0 Å². The Morgan fingerprint density at radius 1 is 1.35 bits per heavy atom. The lowest BCUT2D eigenvalue weighted by molar-refractivity contribution is 0.196. The van der Waals surface area contributed by atoms with Gasteiger partial charge in [-0.25, -0.2) is 0 Å². The molecule has 0 unspecified atom stereocenters. The van der Waals surface area contributed by atoms with Gasteiger partial charge < -0.3 is 15.4 Å². The molecule has 0 saturated carbocycles. The maximum absolute atomic E-state index is 5.23. The van der Waals surface area contributed by atoms with E-state index in [4.69, 9.17) is 17.0 Å². The van der Waals surface area contributed by atoms with Crippen LogP contribution in [0, 0.1) is 13.8 Å². The summed E-state index contributed by atoms with van der Waals surface area (Å²) in [4.78, 5) is 0. The topological polar surface area (TPSA) is 33.3 Å². The van der Waals surface area contributed by atoms with Crippen LogP contribution in [-0.4, -0.2) is 25.4 Å². The molecule has 0 aliphatic rings. The minimum Gasteiger partial charge on any atom is -0.385 e. The van der Waals surface area contributed by atoms with Gasteiger partial charge in [0.25, 0.3) is 0 Å². The number of thiocarbonyl (C=S) groups is 1. The van der Waals surface area contributed by atoms with Gasteiger partial charge in [0.2, 0.25) is 0 Å². The van der Waals surface area contributed by atoms with Crippen LogP contribution in [0.3, 0.4) is 0 Å². The van der Waals surface area contributed by atoms with Crippen molar-refractivity contribution in [2.75, 3.05) is 25.6 Å². The van der Waals surface area contributed by atoms with Crippen LogP contribution < -0.4 is 10.6 Å². The zero-order valence-electron chi connectivity index (χ0n) is 10.7. The number of benzene rings is 1. The highest BCUT2D eigenvalue weighted by Gasteiger charge is 2.00. The van der Waals surface area contributed by atoms with Crippen LogP contribution in [0.25, 0.3) is 0 Å². The van der Waals surface area contributed by atoms with Crippen LogP contribution in [0.5, 0.6) is 0 Å². The van der Waals surface area contributed by atoms with E-state index in [1.54, 1.807) is 7.11 Å². The minimum atomic E-state index is 0.662. The molecule has 0 aliphatic carbocycles. The monoisotopic (exact) mass is 252 g/mol. The van der Waals surface area contributed by atoms with Gasteiger partial charge in [0, 0.05) is 25.9 Å². The van der Waals surface area contributed by atoms with Crippen LogP contribution >= 0.6 is 12.2 Å². The number of hydrogen-bond donors (Lipinski definition) is 2. The van der Waals surface area contributed by atoms with Crippen LogP contribution in [0.1, 0.15) is 17.5 Å². The predicted octanol–water partition coefficient (Wildman–Crippen LogP) is 2.63. The number of aryl methyl sites for hydroxylation is 2. The van der Waals surface area contributed by atoms with Crippen LogP contribution in [0.2, 0.25) is 0 Å². The molecule has 17 heavy (non-hydrogen) atoms. The number of ether oxygens (including phenoxy) is 1. The van der Waals surface area contributed by atoms with Gasteiger partial charge in [-0.05, 0) is 49.7 Å². The molecule has 1 rings (SSSR count). The van der Waals surface area contributed by atoms with Crippen molar-refractivity contribution >= 4 is 23.0 Å². The summed E-state index contributed by atoms with van der Waals surface area (Å²) in [7, 11) is 1.70. The van der Waals surface area contributed by atoms with Crippen molar-refractivity contribution < 1.29 is 4.74 Å². The van der Waals surface area contributed by atoms with E-state index in [-0.39, 0.29) is 0 Å². The Labute approximate surface area is 109 Å². The van der Waals surface area contributed by atoms with Crippen molar-refractivity contribution in [1.29, 1.82) is 0 Å². The minimum absolute atomic E-state index is 0.662. The Balaban J connectivity index is 2.42. The Kier molecular flexibility index (Phi) is 5.94. The smallest absolute Gasteiger partial charge is 0.170 e. The highest BCUT2D eigenvalue weighted by molar-refractivity contribution is 7.80. The van der Waals surface area contributed by atoms with Crippen molar-refractivity contribution in [1.82, 2.24) is 5.32 Å². The molecular formula is C13H20N2OS. The Morgan fingerprint density at radius 3 is 2.82 bits per heavy atom. The lowest BCUT2D eigenvalue weighted by atomic mass is 10.1. The quantitative estimate of drug-likeness (QED) is 0.623. The molecule has 3 nitrogen and oxygen atoms in total. The summed E-state index contributed by atoms with van der Waals surface area (Å²) in [5, 5.41) is 7.02. The average Bonchev–Trinajstić information content (AvgIpc) is 2.29. The zero-order chi connectivity index (χ0) is 12.7. The molecule has 0 bridgehead atoms. The molecule has 0 radical (unpaired) electrons. The first-order valence-corrected chi connectivity index (χ1v) is 6.15. The summed E-state index contributed by atoms with van der Waals surface area (Å²) < 4.78 is 4.97. The van der Waals surface area contributed by atoms with Gasteiger partial charge in [-0.3, -0.25) is 0 Å². The molecule has 0 saturated heterocycles. The maximum atomic E-state index is 5.23. The first-order chi connectivity index (χ1) is 8.13. The second-order valence-electron chi connectivity index (χ2n) is 4.05. The average molecular weight is 252 g/mol. The lowest BCUT2D eigenvalue weighted by Gasteiger charge is -2.12. The van der Waals surface area contributed by atoms with Crippen LogP contribution in [0.4, 0.5) is 5.69 Å². The van der Waals surface area contributed by atoms with E-state index in [0.29, 0.717) is 5.11 Å². The second kappa shape index (κ2) is 7.25. The molecule has 1 aromatic rings. The van der Waals surface area contributed by atoms with Gasteiger partial charge in [-0.15, -0.1) is 0 Å². The van der Waals surface area contributed by atoms with Crippen LogP contribution in [0.15, 0.2) is 18.2 Å². The fourth-order valence-corrected chi connectivity index (χ4v) is 1.67. The number of nitrogens with one attached hydrogen (secondary N) is 2. The molecule has 0 amide bonds. The van der Waals surface area contributed by atoms with Crippen molar-refractivity contribution in [3.63, 3.8) is 0 Å². The van der Waals surface area contributed by atoms with Gasteiger partial charge in [-0.1, -0.05) is 12.1 Å². The van der Waals surface area contributed by atoms with Crippen molar-refractivity contribution in [3.8, 4) is 0 Å². The summed E-state index contributed by atoms with van der Waals surface area (Å²) in [6, 6.07) is 6.28. The third-order valence-electron chi connectivity index (χ3n) is 2.45. The number of hydrogen-bond acceptors (Lipinski definition) is 2. The Hall–Kier alpha value is -1.13.